The molecule has 0 saturated carbocycles. The number of hydrogen-bond acceptors (Lipinski definition) is 4. The van der Waals surface area contributed by atoms with E-state index >= 15 is 0 Å². The molecule has 0 amide bonds. The molecule has 7 heteroatoms. The fourth-order valence-corrected chi connectivity index (χ4v) is 4.22. The summed E-state index contributed by atoms with van der Waals surface area (Å²) in [6, 6.07) is 11.8. The Bertz CT molecular complexity index is 807. The molecule has 3 N–H and O–H groups in total. The van der Waals surface area contributed by atoms with E-state index in [4.69, 9.17) is 10.5 Å². The van der Waals surface area contributed by atoms with Crippen molar-refractivity contribution in [3.05, 3.63) is 53.6 Å². The molecule has 0 fully saturated rings. The molecule has 5 nitrogen and oxygen atoms in total. The van der Waals surface area contributed by atoms with E-state index in [1.54, 1.807) is 31.4 Å². The van der Waals surface area contributed by atoms with Gasteiger partial charge < -0.3 is 10.5 Å². The molecule has 0 aliphatic heterocycles. The minimum Gasteiger partial charge on any atom is -0.497 e. The number of rotatable bonds is 4. The standard InChI is InChI=1S/C17H20N2O3S.ClH/c1-22-14-6-8-15(9-7-14)23(20,21)19-17-4-2-3-12-11-13(18)5-10-16(12)17;/h5-11,17,19H,2-4,18H2,1H3;1H. The number of nitrogens with one attached hydrogen (secondary N) is 1. The van der Waals surface area contributed by atoms with Gasteiger partial charge in [-0.2, -0.15) is 0 Å². The number of ether oxygens (including phenoxy) is 1. The molecule has 1 aliphatic carbocycles. The molecule has 0 radical (unpaired) electrons. The van der Waals surface area contributed by atoms with Crippen LogP contribution in [-0.2, 0) is 16.4 Å². The second-order valence-corrected chi connectivity index (χ2v) is 7.41. The van der Waals surface area contributed by atoms with Gasteiger partial charge in [-0.3, -0.25) is 0 Å². The van der Waals surface area contributed by atoms with Gasteiger partial charge in [0.25, 0.3) is 0 Å². The van der Waals surface area contributed by atoms with Crippen LogP contribution in [0.3, 0.4) is 0 Å². The highest BCUT2D eigenvalue weighted by Crippen LogP contribution is 2.32. The first-order valence-corrected chi connectivity index (χ1v) is 9.02. The molecule has 0 heterocycles. The Hall–Kier alpha value is -1.76. The van der Waals surface area contributed by atoms with Crippen LogP contribution in [-0.4, -0.2) is 15.5 Å². The summed E-state index contributed by atoms with van der Waals surface area (Å²) in [4.78, 5) is 0.237. The Morgan fingerprint density at radius 3 is 2.54 bits per heavy atom. The van der Waals surface area contributed by atoms with Gasteiger partial charge in [0.15, 0.2) is 0 Å². The maximum Gasteiger partial charge on any atom is 0.241 e. The van der Waals surface area contributed by atoms with E-state index in [1.165, 1.54) is 0 Å². The first-order valence-electron chi connectivity index (χ1n) is 7.54. The van der Waals surface area contributed by atoms with Gasteiger partial charge in [-0.25, -0.2) is 13.1 Å². The third-order valence-electron chi connectivity index (χ3n) is 4.15. The van der Waals surface area contributed by atoms with Crippen LogP contribution >= 0.6 is 12.4 Å². The Morgan fingerprint density at radius 2 is 1.88 bits per heavy atom. The smallest absolute Gasteiger partial charge is 0.241 e. The van der Waals surface area contributed by atoms with E-state index < -0.39 is 10.0 Å². The van der Waals surface area contributed by atoms with Crippen LogP contribution in [0.25, 0.3) is 0 Å². The lowest BCUT2D eigenvalue weighted by Crippen LogP contribution is -2.31. The van der Waals surface area contributed by atoms with Gasteiger partial charge in [-0.1, -0.05) is 6.07 Å². The lowest BCUT2D eigenvalue weighted by Gasteiger charge is -2.26. The molecule has 3 rings (SSSR count). The quantitative estimate of drug-likeness (QED) is 0.812. The average molecular weight is 369 g/mol. The number of methoxy groups -OCH3 is 1. The van der Waals surface area contributed by atoms with Gasteiger partial charge in [0.2, 0.25) is 10.0 Å². The minimum atomic E-state index is -3.57. The van der Waals surface area contributed by atoms with Crippen molar-refractivity contribution in [3.63, 3.8) is 0 Å². The second-order valence-electron chi connectivity index (χ2n) is 5.70. The Morgan fingerprint density at radius 1 is 1.17 bits per heavy atom. The summed E-state index contributed by atoms with van der Waals surface area (Å²) in [5.41, 5.74) is 8.67. The van der Waals surface area contributed by atoms with Gasteiger partial charge in [0.05, 0.1) is 12.0 Å². The molecule has 130 valence electrons. The summed E-state index contributed by atoms with van der Waals surface area (Å²) in [6.45, 7) is 0. The molecule has 0 spiro atoms. The number of nitrogen functional groups attached to an aromatic ring is 1. The fourth-order valence-electron chi connectivity index (χ4n) is 2.97. The third kappa shape index (κ3) is 3.83. The highest BCUT2D eigenvalue weighted by atomic mass is 35.5. The summed E-state index contributed by atoms with van der Waals surface area (Å²) in [7, 11) is -2.03. The van der Waals surface area contributed by atoms with E-state index in [2.05, 4.69) is 4.72 Å². The van der Waals surface area contributed by atoms with Gasteiger partial charge >= 0.3 is 0 Å². The lowest BCUT2D eigenvalue weighted by molar-refractivity contribution is 0.414. The minimum absolute atomic E-state index is 0. The van der Waals surface area contributed by atoms with Crippen LogP contribution in [0.1, 0.15) is 30.0 Å². The average Bonchev–Trinajstić information content (AvgIpc) is 2.54. The highest BCUT2D eigenvalue weighted by Gasteiger charge is 2.25. The zero-order valence-electron chi connectivity index (χ0n) is 13.4. The highest BCUT2D eigenvalue weighted by molar-refractivity contribution is 7.89. The van der Waals surface area contributed by atoms with Crippen molar-refractivity contribution in [2.75, 3.05) is 12.8 Å². The number of aryl methyl sites for hydroxylation is 1. The number of benzene rings is 2. The molecule has 1 atom stereocenters. The molecule has 24 heavy (non-hydrogen) atoms. The number of sulfonamides is 1. The van der Waals surface area contributed by atoms with Gasteiger partial charge in [0.1, 0.15) is 5.75 Å². The topological polar surface area (TPSA) is 81.4 Å². The number of halogens is 1. The van der Waals surface area contributed by atoms with Crippen LogP contribution < -0.4 is 15.2 Å². The van der Waals surface area contributed by atoms with Crippen LogP contribution in [0.4, 0.5) is 5.69 Å². The van der Waals surface area contributed by atoms with E-state index in [0.717, 1.165) is 30.4 Å². The molecule has 1 unspecified atom stereocenters. The number of anilines is 1. The van der Waals surface area contributed by atoms with Crippen LogP contribution in [0, 0.1) is 0 Å². The first-order chi connectivity index (χ1) is 11.0. The molecular weight excluding hydrogens is 348 g/mol. The molecule has 1 aliphatic rings. The molecule has 2 aromatic carbocycles. The van der Waals surface area contributed by atoms with Crippen molar-refractivity contribution in [1.29, 1.82) is 0 Å². The van der Waals surface area contributed by atoms with E-state index in [9.17, 15) is 8.42 Å². The first kappa shape index (κ1) is 18.6. The summed E-state index contributed by atoms with van der Waals surface area (Å²) in [5.74, 6) is 0.627. The summed E-state index contributed by atoms with van der Waals surface area (Å²) < 4.78 is 33.1. The zero-order chi connectivity index (χ0) is 16.4. The maximum atomic E-state index is 12.6. The Kier molecular flexibility index (Phi) is 5.74. The fraction of sp³-hybridized carbons (Fsp3) is 0.294. The molecule has 0 saturated heterocycles. The zero-order valence-corrected chi connectivity index (χ0v) is 15.0. The third-order valence-corrected chi connectivity index (χ3v) is 5.64. The molecular formula is C17H21ClN2O3S. The van der Waals surface area contributed by atoms with Crippen LogP contribution in [0.5, 0.6) is 5.75 Å². The predicted molar refractivity (Wildman–Crippen MR) is 97.1 cm³/mol. The number of hydrogen-bond donors (Lipinski definition) is 2. The van der Waals surface area contributed by atoms with E-state index in [-0.39, 0.29) is 23.3 Å². The van der Waals surface area contributed by atoms with Crippen LogP contribution in [0.15, 0.2) is 47.4 Å². The van der Waals surface area contributed by atoms with Crippen molar-refractivity contribution in [2.45, 2.75) is 30.2 Å². The Balaban J connectivity index is 0.00000208. The number of fused-ring (bicyclic) bond motifs is 1. The van der Waals surface area contributed by atoms with Gasteiger partial charge in [-0.05, 0) is 66.8 Å². The SMILES string of the molecule is COc1ccc(S(=O)(=O)NC2CCCc3cc(N)ccc32)cc1.Cl. The van der Waals surface area contributed by atoms with Crippen LogP contribution in [0.2, 0.25) is 0 Å². The van der Waals surface area contributed by atoms with Crippen molar-refractivity contribution in [2.24, 2.45) is 0 Å². The normalized spacial score (nSPS) is 16.8. The predicted octanol–water partition coefficient (Wildman–Crippen LogP) is 3.06. The number of nitrogens with two attached hydrogens (primary N) is 1. The Labute approximate surface area is 148 Å². The van der Waals surface area contributed by atoms with Crippen molar-refractivity contribution >= 4 is 28.1 Å². The van der Waals surface area contributed by atoms with E-state index in [0.29, 0.717) is 11.4 Å². The molecule has 0 bridgehead atoms. The maximum absolute atomic E-state index is 12.6. The molecule has 2 aromatic rings. The van der Waals surface area contributed by atoms with Crippen molar-refractivity contribution in [1.82, 2.24) is 4.72 Å². The van der Waals surface area contributed by atoms with Crippen molar-refractivity contribution < 1.29 is 13.2 Å². The summed E-state index contributed by atoms with van der Waals surface area (Å²) in [6.07, 6.45) is 2.65. The largest absolute Gasteiger partial charge is 0.497 e. The van der Waals surface area contributed by atoms with E-state index in [1.807, 2.05) is 18.2 Å². The summed E-state index contributed by atoms with van der Waals surface area (Å²) >= 11 is 0. The monoisotopic (exact) mass is 368 g/mol. The van der Waals surface area contributed by atoms with Gasteiger partial charge in [0, 0.05) is 11.7 Å². The molecule has 0 aromatic heterocycles. The van der Waals surface area contributed by atoms with Gasteiger partial charge in [-0.15, -0.1) is 12.4 Å². The van der Waals surface area contributed by atoms with Crippen molar-refractivity contribution in [3.8, 4) is 5.75 Å². The second kappa shape index (κ2) is 7.42. The lowest BCUT2D eigenvalue weighted by atomic mass is 9.88. The summed E-state index contributed by atoms with van der Waals surface area (Å²) in [5, 5.41) is 0.